The second kappa shape index (κ2) is 5.10. The Morgan fingerprint density at radius 2 is 2.00 bits per heavy atom. The van der Waals surface area contributed by atoms with Gasteiger partial charge in [-0.05, 0) is 31.4 Å². The van der Waals surface area contributed by atoms with Crippen molar-refractivity contribution in [2.45, 2.75) is 30.7 Å². The largest absolute Gasteiger partial charge is 0.480 e. The summed E-state index contributed by atoms with van der Waals surface area (Å²) in [5.41, 5.74) is -0.0175. The van der Waals surface area contributed by atoms with Crippen LogP contribution in [0.1, 0.15) is 18.4 Å². The first kappa shape index (κ1) is 14.9. The van der Waals surface area contributed by atoms with E-state index in [9.17, 15) is 22.0 Å². The second-order valence-corrected chi connectivity index (χ2v) is 6.50. The second-order valence-electron chi connectivity index (χ2n) is 4.64. The van der Waals surface area contributed by atoms with Crippen LogP contribution in [0.25, 0.3) is 0 Å². The molecule has 1 aromatic carbocycles. The molecule has 1 aliphatic rings. The zero-order chi connectivity index (χ0) is 15.1. The van der Waals surface area contributed by atoms with Gasteiger partial charge in [0.25, 0.3) is 0 Å². The van der Waals surface area contributed by atoms with E-state index in [1.165, 1.54) is 6.92 Å². The molecule has 0 radical (unpaired) electrons. The van der Waals surface area contributed by atoms with Gasteiger partial charge in [0.2, 0.25) is 10.0 Å². The SMILES string of the molecule is Cc1cc(S(=O)(=O)N2CCC[C@@H]2C(=O)O)c(F)cc1F. The van der Waals surface area contributed by atoms with Gasteiger partial charge in [-0.3, -0.25) is 4.79 Å². The van der Waals surface area contributed by atoms with Crippen molar-refractivity contribution in [1.29, 1.82) is 0 Å². The number of carboxylic acids is 1. The van der Waals surface area contributed by atoms with Gasteiger partial charge in [-0.2, -0.15) is 4.31 Å². The van der Waals surface area contributed by atoms with E-state index in [2.05, 4.69) is 0 Å². The predicted octanol–water partition coefficient (Wildman–Crippen LogP) is 1.51. The molecule has 1 atom stereocenters. The molecule has 0 bridgehead atoms. The fourth-order valence-corrected chi connectivity index (χ4v) is 4.01. The summed E-state index contributed by atoms with van der Waals surface area (Å²) in [5, 5.41) is 9.00. The van der Waals surface area contributed by atoms with Crippen molar-refractivity contribution in [2.24, 2.45) is 0 Å². The zero-order valence-electron chi connectivity index (χ0n) is 10.6. The lowest BCUT2D eigenvalue weighted by Crippen LogP contribution is -2.40. The molecule has 110 valence electrons. The number of hydrogen-bond acceptors (Lipinski definition) is 3. The van der Waals surface area contributed by atoms with Crippen LogP contribution in [0.15, 0.2) is 17.0 Å². The molecule has 1 aromatic rings. The Morgan fingerprint density at radius 1 is 1.35 bits per heavy atom. The number of nitrogens with zero attached hydrogens (tertiary/aromatic N) is 1. The van der Waals surface area contributed by atoms with Crippen LogP contribution < -0.4 is 0 Å². The molecular weight excluding hydrogens is 292 g/mol. The van der Waals surface area contributed by atoms with Crippen LogP contribution in [-0.4, -0.2) is 36.4 Å². The van der Waals surface area contributed by atoms with Crippen molar-refractivity contribution in [3.8, 4) is 0 Å². The maximum atomic E-state index is 13.7. The zero-order valence-corrected chi connectivity index (χ0v) is 11.5. The van der Waals surface area contributed by atoms with Crippen LogP contribution in [0.3, 0.4) is 0 Å². The minimum Gasteiger partial charge on any atom is -0.480 e. The fraction of sp³-hybridized carbons (Fsp3) is 0.417. The summed E-state index contributed by atoms with van der Waals surface area (Å²) in [6, 6.07) is 0.176. The Balaban J connectivity index is 2.50. The van der Waals surface area contributed by atoms with Gasteiger partial charge >= 0.3 is 5.97 Å². The first-order valence-electron chi connectivity index (χ1n) is 5.95. The molecule has 1 saturated heterocycles. The molecule has 0 aliphatic carbocycles. The third-order valence-corrected chi connectivity index (χ3v) is 5.21. The van der Waals surface area contributed by atoms with Crippen LogP contribution >= 0.6 is 0 Å². The van der Waals surface area contributed by atoms with Gasteiger partial charge in [-0.25, -0.2) is 17.2 Å². The quantitative estimate of drug-likeness (QED) is 0.918. The molecule has 8 heteroatoms. The number of rotatable bonds is 3. The molecule has 0 unspecified atom stereocenters. The number of sulfonamides is 1. The van der Waals surface area contributed by atoms with Crippen molar-refractivity contribution < 1.29 is 27.1 Å². The van der Waals surface area contributed by atoms with Crippen LogP contribution in [-0.2, 0) is 14.8 Å². The van der Waals surface area contributed by atoms with E-state index in [0.29, 0.717) is 12.5 Å². The van der Waals surface area contributed by atoms with E-state index in [4.69, 9.17) is 5.11 Å². The third-order valence-electron chi connectivity index (χ3n) is 3.29. The minimum absolute atomic E-state index is 0.00909. The number of hydrogen-bond donors (Lipinski definition) is 1. The van der Waals surface area contributed by atoms with Gasteiger partial charge in [0.1, 0.15) is 22.6 Å². The lowest BCUT2D eigenvalue weighted by Gasteiger charge is -2.21. The molecular formula is C12H13F2NO4S. The first-order chi connectivity index (χ1) is 9.25. The highest BCUT2D eigenvalue weighted by Gasteiger charge is 2.40. The van der Waals surface area contributed by atoms with Crippen molar-refractivity contribution in [1.82, 2.24) is 4.31 Å². The molecule has 1 heterocycles. The van der Waals surface area contributed by atoms with E-state index >= 15 is 0 Å². The predicted molar refractivity (Wildman–Crippen MR) is 65.6 cm³/mol. The minimum atomic E-state index is -4.29. The van der Waals surface area contributed by atoms with Crippen molar-refractivity contribution in [3.63, 3.8) is 0 Å². The summed E-state index contributed by atoms with van der Waals surface area (Å²) < 4.78 is 52.3. The summed E-state index contributed by atoms with van der Waals surface area (Å²) in [6.07, 6.45) is 0.564. The van der Waals surface area contributed by atoms with E-state index in [-0.39, 0.29) is 18.5 Å². The number of aliphatic carboxylic acids is 1. The third kappa shape index (κ3) is 2.40. The number of carbonyl (C=O) groups is 1. The highest BCUT2D eigenvalue weighted by Crippen LogP contribution is 2.28. The smallest absolute Gasteiger partial charge is 0.322 e. The maximum Gasteiger partial charge on any atom is 0.322 e. The molecule has 1 N–H and O–H groups in total. The Kier molecular flexibility index (Phi) is 3.79. The average molecular weight is 305 g/mol. The summed E-state index contributed by atoms with van der Waals surface area (Å²) in [5.74, 6) is -3.34. The van der Waals surface area contributed by atoms with Gasteiger partial charge in [0.15, 0.2) is 0 Å². The summed E-state index contributed by atoms with van der Waals surface area (Å²) >= 11 is 0. The van der Waals surface area contributed by atoms with Crippen LogP contribution in [0, 0.1) is 18.6 Å². The first-order valence-corrected chi connectivity index (χ1v) is 7.39. The standard InChI is InChI=1S/C12H13F2NO4S/c1-7-5-11(9(14)6-8(7)13)20(18,19)15-4-2-3-10(15)12(16)17/h5-6,10H,2-4H2,1H3,(H,16,17)/t10-/m1/s1. The monoisotopic (exact) mass is 305 g/mol. The normalized spacial score (nSPS) is 20.2. The number of aryl methyl sites for hydroxylation is 1. The van der Waals surface area contributed by atoms with Crippen molar-refractivity contribution in [2.75, 3.05) is 6.54 Å². The van der Waals surface area contributed by atoms with Gasteiger partial charge in [-0.15, -0.1) is 0 Å². The molecule has 20 heavy (non-hydrogen) atoms. The summed E-state index contributed by atoms with van der Waals surface area (Å²) in [7, 11) is -4.29. The maximum absolute atomic E-state index is 13.7. The topological polar surface area (TPSA) is 74.7 Å². The highest BCUT2D eigenvalue weighted by atomic mass is 32.2. The summed E-state index contributed by atoms with van der Waals surface area (Å²) in [6.45, 7) is 1.32. The van der Waals surface area contributed by atoms with Crippen LogP contribution in [0.2, 0.25) is 0 Å². The fourth-order valence-electron chi connectivity index (χ4n) is 2.23. The highest BCUT2D eigenvalue weighted by molar-refractivity contribution is 7.89. The van der Waals surface area contributed by atoms with E-state index in [0.717, 1.165) is 10.4 Å². The molecule has 0 aromatic heterocycles. The Hall–Kier alpha value is -1.54. The molecule has 5 nitrogen and oxygen atoms in total. The Labute approximate surface area is 114 Å². The van der Waals surface area contributed by atoms with Gasteiger partial charge < -0.3 is 5.11 Å². The number of carboxylic acid groups (broad SMARTS) is 1. The molecule has 1 fully saturated rings. The molecule has 0 saturated carbocycles. The molecule has 1 aliphatic heterocycles. The van der Waals surface area contributed by atoms with Crippen molar-refractivity contribution >= 4 is 16.0 Å². The average Bonchev–Trinajstić information content (AvgIpc) is 2.83. The molecule has 0 amide bonds. The van der Waals surface area contributed by atoms with Gasteiger partial charge in [0, 0.05) is 12.6 Å². The van der Waals surface area contributed by atoms with E-state index in [1.54, 1.807) is 0 Å². The molecule has 0 spiro atoms. The van der Waals surface area contributed by atoms with Gasteiger partial charge in [-0.1, -0.05) is 0 Å². The lowest BCUT2D eigenvalue weighted by molar-refractivity contribution is -0.140. The lowest BCUT2D eigenvalue weighted by atomic mass is 10.2. The van der Waals surface area contributed by atoms with Crippen LogP contribution in [0.5, 0.6) is 0 Å². The Morgan fingerprint density at radius 3 is 2.60 bits per heavy atom. The molecule has 2 rings (SSSR count). The number of benzene rings is 1. The van der Waals surface area contributed by atoms with Crippen molar-refractivity contribution in [3.05, 3.63) is 29.3 Å². The van der Waals surface area contributed by atoms with Crippen LogP contribution in [0.4, 0.5) is 8.78 Å². The van der Waals surface area contributed by atoms with E-state index in [1.807, 2.05) is 0 Å². The number of halogens is 2. The van der Waals surface area contributed by atoms with E-state index < -0.39 is 38.6 Å². The Bertz CT molecular complexity index is 660. The summed E-state index contributed by atoms with van der Waals surface area (Å²) in [4.78, 5) is 10.3. The van der Waals surface area contributed by atoms with Gasteiger partial charge in [0.05, 0.1) is 0 Å².